The Morgan fingerprint density at radius 1 is 0.792 bits per heavy atom. The Kier molecular flexibility index (Phi) is 20.8. The minimum Gasteiger partial charge on any atom is -0.330 e. The number of aromatic amines is 1. The van der Waals surface area contributed by atoms with Crippen LogP contribution in [0.1, 0.15) is 96.8 Å². The van der Waals surface area contributed by atoms with E-state index in [2.05, 4.69) is 34.5 Å². The van der Waals surface area contributed by atoms with Gasteiger partial charge in [0, 0.05) is 6.20 Å². The molecule has 0 aliphatic heterocycles. The van der Waals surface area contributed by atoms with Crippen LogP contribution in [0.2, 0.25) is 0 Å². The summed E-state index contributed by atoms with van der Waals surface area (Å²) in [7, 11) is 0. The third-order valence-corrected chi connectivity index (χ3v) is 4.05. The summed E-state index contributed by atoms with van der Waals surface area (Å²) in [6.45, 7) is 3.14. The number of rotatable bonds is 15. The highest BCUT2D eigenvalue weighted by atomic mass is 15.3. The third kappa shape index (κ3) is 20.8. The zero-order valence-corrected chi connectivity index (χ0v) is 15.9. The first-order valence-electron chi connectivity index (χ1n) is 10.1. The Bertz CT molecular complexity index is 305. The van der Waals surface area contributed by atoms with E-state index in [1.54, 1.807) is 12.4 Å². The van der Waals surface area contributed by atoms with E-state index in [9.17, 15) is 0 Å². The maximum atomic E-state index is 5.47. The quantitative estimate of drug-likeness (QED) is 0.315. The fourth-order valence-electron chi connectivity index (χ4n) is 2.56. The average molecular weight is 337 g/mol. The number of nitrogens with zero attached hydrogens (tertiary/aromatic N) is 2. The van der Waals surface area contributed by atoms with Crippen LogP contribution in [0.25, 0.3) is 0 Å². The molecule has 0 bridgehead atoms. The van der Waals surface area contributed by atoms with Crippen LogP contribution < -0.4 is 5.73 Å². The van der Waals surface area contributed by atoms with E-state index in [0.717, 1.165) is 6.54 Å². The molecule has 1 heterocycles. The van der Waals surface area contributed by atoms with E-state index in [-0.39, 0.29) is 0 Å². The summed E-state index contributed by atoms with van der Waals surface area (Å²) in [5.41, 5.74) is 5.47. The number of hydrogen-bond acceptors (Lipinski definition) is 3. The van der Waals surface area contributed by atoms with E-state index in [1.807, 2.05) is 0 Å². The number of aromatic nitrogens is 3. The first-order valence-corrected chi connectivity index (χ1v) is 10.1. The molecule has 0 amide bonds. The second-order valence-corrected chi connectivity index (χ2v) is 6.39. The van der Waals surface area contributed by atoms with E-state index in [4.69, 9.17) is 5.73 Å². The molecular weight excluding hydrogens is 296 g/mol. The molecule has 0 saturated carbocycles. The first kappa shape index (κ1) is 22.8. The summed E-state index contributed by atoms with van der Waals surface area (Å²) in [6.07, 6.45) is 27.1. The van der Waals surface area contributed by atoms with Gasteiger partial charge in [-0.1, -0.05) is 82.1 Å². The van der Waals surface area contributed by atoms with Gasteiger partial charge in [0.1, 0.15) is 0 Å². The van der Waals surface area contributed by atoms with Gasteiger partial charge in [-0.3, -0.25) is 5.10 Å². The van der Waals surface area contributed by atoms with Crippen LogP contribution in [0.4, 0.5) is 0 Å². The molecule has 0 spiro atoms. The smallest absolute Gasteiger partial charge is 0.0690 e. The molecule has 1 aromatic rings. The Morgan fingerprint density at radius 2 is 1.33 bits per heavy atom. The summed E-state index contributed by atoms with van der Waals surface area (Å²) in [4.78, 5) is 0. The maximum absolute atomic E-state index is 5.47. The first-order chi connectivity index (χ1) is 11.9. The van der Waals surface area contributed by atoms with Crippen molar-refractivity contribution in [3.8, 4) is 0 Å². The molecule has 0 radical (unpaired) electrons. The Hall–Kier alpha value is -1.16. The molecule has 0 saturated heterocycles. The number of H-pyrrole nitrogens is 1. The van der Waals surface area contributed by atoms with Crippen LogP contribution in [-0.2, 0) is 0 Å². The number of hydrogen-bond donors (Lipinski definition) is 2. The molecule has 1 rings (SSSR count). The van der Waals surface area contributed by atoms with Crippen molar-refractivity contribution in [2.24, 2.45) is 5.73 Å². The molecule has 0 unspecified atom stereocenters. The minimum atomic E-state index is 0.862. The Labute approximate surface area is 149 Å². The fraction of sp³-hybridized carbons (Fsp3) is 0.800. The minimum absolute atomic E-state index is 0.862. The molecule has 0 atom stereocenters. The zero-order valence-electron chi connectivity index (χ0n) is 15.9. The molecule has 0 aliphatic rings. The standard InChI is InChI=1S/C18H37N.C2H3N3/c1-2-3-4-5-6-7-8-9-10-11-12-13-14-15-16-17-18-19;1-2-4-5-3-1/h9-10H,2-8,11-19H2,1H3;1-2H,(H,3,4,5)/b10-9-;. The monoisotopic (exact) mass is 336 g/mol. The molecule has 1 aromatic heterocycles. The van der Waals surface area contributed by atoms with E-state index in [1.165, 1.54) is 89.9 Å². The maximum Gasteiger partial charge on any atom is 0.0690 e. The molecule has 140 valence electrons. The van der Waals surface area contributed by atoms with Gasteiger partial charge in [0.2, 0.25) is 0 Å². The number of unbranched alkanes of at least 4 members (excludes halogenated alkanes) is 12. The van der Waals surface area contributed by atoms with Crippen molar-refractivity contribution in [2.75, 3.05) is 6.54 Å². The lowest BCUT2D eigenvalue weighted by molar-refractivity contribution is 0.599. The molecule has 3 N–H and O–H groups in total. The topological polar surface area (TPSA) is 67.6 Å². The summed E-state index contributed by atoms with van der Waals surface area (Å²) >= 11 is 0. The van der Waals surface area contributed by atoms with Gasteiger partial charge in [0.15, 0.2) is 0 Å². The predicted molar refractivity (Wildman–Crippen MR) is 105 cm³/mol. The van der Waals surface area contributed by atoms with E-state index < -0.39 is 0 Å². The van der Waals surface area contributed by atoms with Gasteiger partial charge < -0.3 is 5.73 Å². The number of nitrogens with two attached hydrogens (primary N) is 1. The van der Waals surface area contributed by atoms with Crippen molar-refractivity contribution >= 4 is 0 Å². The molecule has 4 heteroatoms. The predicted octanol–water partition coefficient (Wildman–Crippen LogP) is 5.79. The molecule has 4 nitrogen and oxygen atoms in total. The van der Waals surface area contributed by atoms with Crippen LogP contribution in [0, 0.1) is 0 Å². The summed E-state index contributed by atoms with van der Waals surface area (Å²) < 4.78 is 0. The van der Waals surface area contributed by atoms with Crippen LogP contribution >= 0.6 is 0 Å². The van der Waals surface area contributed by atoms with E-state index >= 15 is 0 Å². The van der Waals surface area contributed by atoms with Gasteiger partial charge in [0.25, 0.3) is 0 Å². The molecule has 0 fully saturated rings. The van der Waals surface area contributed by atoms with Crippen LogP contribution in [-0.4, -0.2) is 22.0 Å². The molecule has 0 aromatic carbocycles. The van der Waals surface area contributed by atoms with Gasteiger partial charge in [-0.15, -0.1) is 5.10 Å². The number of allylic oxidation sites excluding steroid dienone is 2. The van der Waals surface area contributed by atoms with Crippen molar-refractivity contribution in [1.82, 2.24) is 15.4 Å². The lowest BCUT2D eigenvalue weighted by Crippen LogP contribution is -1.97. The Balaban J connectivity index is 0.000000889. The Morgan fingerprint density at radius 3 is 1.75 bits per heavy atom. The average Bonchev–Trinajstić information content (AvgIpc) is 3.18. The third-order valence-electron chi connectivity index (χ3n) is 4.05. The largest absolute Gasteiger partial charge is 0.330 e. The lowest BCUT2D eigenvalue weighted by atomic mass is 10.1. The van der Waals surface area contributed by atoms with Crippen LogP contribution in [0.3, 0.4) is 0 Å². The van der Waals surface area contributed by atoms with Crippen molar-refractivity contribution in [1.29, 1.82) is 0 Å². The summed E-state index contributed by atoms with van der Waals surface area (Å²) in [5.74, 6) is 0. The van der Waals surface area contributed by atoms with Gasteiger partial charge in [-0.2, -0.15) is 0 Å². The fourth-order valence-corrected chi connectivity index (χ4v) is 2.56. The molecule has 24 heavy (non-hydrogen) atoms. The molecule has 0 aliphatic carbocycles. The van der Waals surface area contributed by atoms with Gasteiger partial charge in [-0.05, 0) is 38.6 Å². The lowest BCUT2D eigenvalue weighted by Gasteiger charge is -1.99. The summed E-state index contributed by atoms with van der Waals surface area (Å²) in [6, 6.07) is 0. The van der Waals surface area contributed by atoms with Crippen molar-refractivity contribution < 1.29 is 0 Å². The van der Waals surface area contributed by atoms with Crippen LogP contribution in [0.5, 0.6) is 0 Å². The van der Waals surface area contributed by atoms with Crippen molar-refractivity contribution in [3.05, 3.63) is 24.5 Å². The van der Waals surface area contributed by atoms with Crippen LogP contribution in [0.15, 0.2) is 24.5 Å². The van der Waals surface area contributed by atoms with Gasteiger partial charge >= 0.3 is 0 Å². The second kappa shape index (κ2) is 21.8. The van der Waals surface area contributed by atoms with Crippen molar-refractivity contribution in [3.63, 3.8) is 0 Å². The second-order valence-electron chi connectivity index (χ2n) is 6.39. The highest BCUT2D eigenvalue weighted by molar-refractivity contribution is 4.81. The highest BCUT2D eigenvalue weighted by Gasteiger charge is 1.90. The van der Waals surface area contributed by atoms with Crippen molar-refractivity contribution in [2.45, 2.75) is 96.8 Å². The molecular formula is C20H40N4. The number of nitrogens with one attached hydrogen (secondary N) is 1. The van der Waals surface area contributed by atoms with Gasteiger partial charge in [-0.25, -0.2) is 0 Å². The normalized spacial score (nSPS) is 10.8. The van der Waals surface area contributed by atoms with E-state index in [0.29, 0.717) is 0 Å². The SMILES string of the molecule is CCCCCCCC/C=C\CCCCCCCCN.c1c[nH]nn1. The zero-order chi connectivity index (χ0) is 17.6. The highest BCUT2D eigenvalue weighted by Crippen LogP contribution is 2.09. The summed E-state index contributed by atoms with van der Waals surface area (Å²) in [5, 5.41) is 9.26. The van der Waals surface area contributed by atoms with Gasteiger partial charge in [0.05, 0.1) is 6.20 Å².